The lowest BCUT2D eigenvalue weighted by molar-refractivity contribution is -0.138. The second-order valence-corrected chi connectivity index (χ2v) is 9.17. The number of aliphatic carboxylic acids is 1. The summed E-state index contributed by atoms with van der Waals surface area (Å²) in [5.41, 5.74) is 3.73. The van der Waals surface area contributed by atoms with Gasteiger partial charge in [-0.3, -0.25) is 9.59 Å². The number of benzene rings is 2. The number of aryl methyl sites for hydroxylation is 1. The van der Waals surface area contributed by atoms with Crippen molar-refractivity contribution < 1.29 is 28.9 Å². The normalized spacial score (nSPS) is 16.9. The van der Waals surface area contributed by atoms with Crippen molar-refractivity contribution in [2.75, 3.05) is 20.8 Å². The molecule has 0 spiro atoms. The standard InChI is InChI=1S/C26H30O6/c1-16(12-23(28)29)14-26(10-11-26)15-32-24-20(7-9-22(30-2)25(24)31-3)18-4-6-19-17(13-18)5-8-21(19)27/h4,6-7,9,13,16H,5,8,10-12,14-15H2,1-3H3,(H,28,29). The van der Waals surface area contributed by atoms with Crippen LogP contribution in [0.2, 0.25) is 0 Å². The first-order chi connectivity index (χ1) is 15.4. The SMILES string of the molecule is COc1ccc(-c2ccc3c(c2)CCC3=O)c(OCC2(CC(C)CC(=O)O)CC2)c1OC. The summed E-state index contributed by atoms with van der Waals surface area (Å²) in [5.74, 6) is 1.28. The van der Waals surface area contributed by atoms with E-state index >= 15 is 0 Å². The van der Waals surface area contributed by atoms with Crippen LogP contribution in [0.1, 0.15) is 54.9 Å². The summed E-state index contributed by atoms with van der Waals surface area (Å²) >= 11 is 0. The second kappa shape index (κ2) is 8.85. The van der Waals surface area contributed by atoms with Gasteiger partial charge < -0.3 is 19.3 Å². The van der Waals surface area contributed by atoms with Crippen LogP contribution in [0, 0.1) is 11.3 Å². The van der Waals surface area contributed by atoms with E-state index in [1.165, 1.54) is 0 Å². The molecular formula is C26H30O6. The highest BCUT2D eigenvalue weighted by Gasteiger charge is 2.45. The Morgan fingerprint density at radius 3 is 2.47 bits per heavy atom. The van der Waals surface area contributed by atoms with Crippen LogP contribution in [0.25, 0.3) is 11.1 Å². The Balaban J connectivity index is 1.63. The molecule has 2 aromatic carbocycles. The van der Waals surface area contributed by atoms with Gasteiger partial charge in [0.1, 0.15) is 0 Å². The quantitative estimate of drug-likeness (QED) is 0.552. The molecule has 4 rings (SSSR count). The average molecular weight is 439 g/mol. The number of ketones is 1. The van der Waals surface area contributed by atoms with E-state index in [1.54, 1.807) is 14.2 Å². The maximum atomic E-state index is 12.0. The van der Waals surface area contributed by atoms with Crippen molar-refractivity contribution in [3.05, 3.63) is 41.5 Å². The summed E-state index contributed by atoms with van der Waals surface area (Å²) < 4.78 is 17.6. The summed E-state index contributed by atoms with van der Waals surface area (Å²) in [4.78, 5) is 23.1. The van der Waals surface area contributed by atoms with E-state index in [4.69, 9.17) is 19.3 Å². The van der Waals surface area contributed by atoms with Crippen LogP contribution in [-0.2, 0) is 11.2 Å². The Kier molecular flexibility index (Phi) is 6.13. The van der Waals surface area contributed by atoms with Crippen LogP contribution in [-0.4, -0.2) is 37.7 Å². The van der Waals surface area contributed by atoms with Crippen molar-refractivity contribution in [2.45, 2.75) is 45.4 Å². The van der Waals surface area contributed by atoms with Crippen LogP contribution in [0.5, 0.6) is 17.2 Å². The number of methoxy groups -OCH3 is 2. The fourth-order valence-electron chi connectivity index (χ4n) is 4.81. The van der Waals surface area contributed by atoms with Crippen LogP contribution < -0.4 is 14.2 Å². The molecule has 1 fully saturated rings. The molecule has 0 aromatic heterocycles. The number of rotatable bonds is 10. The smallest absolute Gasteiger partial charge is 0.303 e. The molecule has 2 aliphatic carbocycles. The number of fused-ring (bicyclic) bond motifs is 1. The molecule has 1 unspecified atom stereocenters. The third-order valence-electron chi connectivity index (χ3n) is 6.62. The molecular weight excluding hydrogens is 408 g/mol. The molecule has 0 saturated heterocycles. The fraction of sp³-hybridized carbons (Fsp3) is 0.462. The molecule has 32 heavy (non-hydrogen) atoms. The second-order valence-electron chi connectivity index (χ2n) is 9.17. The minimum absolute atomic E-state index is 0.00454. The van der Waals surface area contributed by atoms with Gasteiger partial charge in [-0.2, -0.15) is 0 Å². The van der Waals surface area contributed by atoms with Gasteiger partial charge in [-0.15, -0.1) is 0 Å². The highest BCUT2D eigenvalue weighted by Crippen LogP contribution is 2.53. The van der Waals surface area contributed by atoms with Crippen molar-refractivity contribution in [1.29, 1.82) is 0 Å². The van der Waals surface area contributed by atoms with Crippen molar-refractivity contribution in [3.8, 4) is 28.4 Å². The Hall–Kier alpha value is -3.02. The minimum atomic E-state index is -0.763. The molecule has 2 aromatic rings. The van der Waals surface area contributed by atoms with Crippen LogP contribution >= 0.6 is 0 Å². The average Bonchev–Trinajstić information content (AvgIpc) is 3.43. The molecule has 1 N–H and O–H groups in total. The summed E-state index contributed by atoms with van der Waals surface area (Å²) in [6.45, 7) is 2.48. The molecule has 170 valence electrons. The van der Waals surface area contributed by atoms with Gasteiger partial charge in [0.15, 0.2) is 17.3 Å². The molecule has 1 atom stereocenters. The van der Waals surface area contributed by atoms with Gasteiger partial charge >= 0.3 is 5.97 Å². The largest absolute Gasteiger partial charge is 0.493 e. The van der Waals surface area contributed by atoms with E-state index in [1.807, 2.05) is 31.2 Å². The van der Waals surface area contributed by atoms with E-state index in [-0.39, 0.29) is 23.5 Å². The number of carboxylic acids is 1. The van der Waals surface area contributed by atoms with E-state index < -0.39 is 5.97 Å². The number of hydrogen-bond donors (Lipinski definition) is 1. The first-order valence-corrected chi connectivity index (χ1v) is 11.1. The fourth-order valence-corrected chi connectivity index (χ4v) is 4.81. The molecule has 0 heterocycles. The van der Waals surface area contributed by atoms with Gasteiger partial charge in [-0.1, -0.05) is 25.1 Å². The summed E-state index contributed by atoms with van der Waals surface area (Å²) in [6.07, 6.45) is 4.37. The lowest BCUT2D eigenvalue weighted by atomic mass is 9.91. The molecule has 2 aliphatic rings. The Morgan fingerprint density at radius 2 is 1.81 bits per heavy atom. The van der Waals surface area contributed by atoms with Gasteiger partial charge in [0.2, 0.25) is 5.75 Å². The maximum absolute atomic E-state index is 12.0. The van der Waals surface area contributed by atoms with Crippen molar-refractivity contribution >= 4 is 11.8 Å². The lowest BCUT2D eigenvalue weighted by Crippen LogP contribution is -2.18. The number of Topliss-reactive ketones (excluding diaryl/α,β-unsaturated/α-hetero) is 1. The summed E-state index contributed by atoms with van der Waals surface area (Å²) in [5, 5.41) is 9.10. The zero-order valence-corrected chi connectivity index (χ0v) is 18.9. The Bertz CT molecular complexity index is 1040. The first-order valence-electron chi connectivity index (χ1n) is 11.1. The van der Waals surface area contributed by atoms with E-state index in [0.717, 1.165) is 47.9 Å². The zero-order chi connectivity index (χ0) is 22.9. The highest BCUT2D eigenvalue weighted by molar-refractivity contribution is 6.01. The van der Waals surface area contributed by atoms with Gasteiger partial charge in [0, 0.05) is 29.4 Å². The first kappa shape index (κ1) is 22.2. The van der Waals surface area contributed by atoms with Gasteiger partial charge in [0.25, 0.3) is 0 Å². The van der Waals surface area contributed by atoms with Crippen molar-refractivity contribution in [3.63, 3.8) is 0 Å². The molecule has 0 amide bonds. The number of carboxylic acid groups (broad SMARTS) is 1. The van der Waals surface area contributed by atoms with Crippen molar-refractivity contribution in [2.24, 2.45) is 11.3 Å². The molecule has 0 radical (unpaired) electrons. The Morgan fingerprint density at radius 1 is 1.06 bits per heavy atom. The number of ether oxygens (including phenoxy) is 3. The van der Waals surface area contributed by atoms with Crippen LogP contribution in [0.3, 0.4) is 0 Å². The zero-order valence-electron chi connectivity index (χ0n) is 18.9. The van der Waals surface area contributed by atoms with Crippen LogP contribution in [0.15, 0.2) is 30.3 Å². The molecule has 6 nitrogen and oxygen atoms in total. The summed E-state index contributed by atoms with van der Waals surface area (Å²) in [6, 6.07) is 9.74. The monoisotopic (exact) mass is 438 g/mol. The lowest BCUT2D eigenvalue weighted by Gasteiger charge is -2.23. The van der Waals surface area contributed by atoms with Gasteiger partial charge in [0.05, 0.1) is 20.8 Å². The maximum Gasteiger partial charge on any atom is 0.303 e. The topological polar surface area (TPSA) is 82.1 Å². The van der Waals surface area contributed by atoms with E-state index in [9.17, 15) is 9.59 Å². The van der Waals surface area contributed by atoms with Gasteiger partial charge in [-0.25, -0.2) is 0 Å². The third-order valence-corrected chi connectivity index (χ3v) is 6.62. The predicted molar refractivity (Wildman–Crippen MR) is 121 cm³/mol. The van der Waals surface area contributed by atoms with E-state index in [2.05, 4.69) is 6.07 Å². The molecule has 1 saturated carbocycles. The van der Waals surface area contributed by atoms with E-state index in [0.29, 0.717) is 30.3 Å². The summed E-state index contributed by atoms with van der Waals surface area (Å²) in [7, 11) is 3.19. The number of carbonyl (C=O) groups is 2. The van der Waals surface area contributed by atoms with Crippen LogP contribution in [0.4, 0.5) is 0 Å². The molecule has 0 aliphatic heterocycles. The predicted octanol–water partition coefficient (Wildman–Crippen LogP) is 5.16. The Labute approximate surface area is 188 Å². The van der Waals surface area contributed by atoms with Gasteiger partial charge in [-0.05, 0) is 54.9 Å². The third kappa shape index (κ3) is 4.45. The number of hydrogen-bond acceptors (Lipinski definition) is 5. The minimum Gasteiger partial charge on any atom is -0.493 e. The number of carbonyl (C=O) groups excluding carboxylic acids is 1. The molecule has 6 heteroatoms. The van der Waals surface area contributed by atoms with Crippen molar-refractivity contribution in [1.82, 2.24) is 0 Å². The highest BCUT2D eigenvalue weighted by atomic mass is 16.5. The molecule has 0 bridgehead atoms.